The Kier molecular flexibility index (Phi) is 6.35. The summed E-state index contributed by atoms with van der Waals surface area (Å²) >= 11 is 11.7. The van der Waals surface area contributed by atoms with E-state index < -0.39 is 11.9 Å². The van der Waals surface area contributed by atoms with Crippen molar-refractivity contribution in [2.45, 2.75) is 25.2 Å². The van der Waals surface area contributed by atoms with Crippen LogP contribution in [0, 0.1) is 0 Å². The predicted molar refractivity (Wildman–Crippen MR) is 78.3 cm³/mol. The van der Waals surface area contributed by atoms with Gasteiger partial charge in [0, 0.05) is 6.42 Å². The lowest BCUT2D eigenvalue weighted by Gasteiger charge is -2.16. The molecule has 0 radical (unpaired) electrons. The Morgan fingerprint density at radius 3 is 2.53 bits per heavy atom. The van der Waals surface area contributed by atoms with E-state index in [9.17, 15) is 9.90 Å². The van der Waals surface area contributed by atoms with Crippen LogP contribution in [-0.2, 0) is 4.79 Å². The second-order valence-corrected chi connectivity index (χ2v) is 5.12. The van der Waals surface area contributed by atoms with Crippen molar-refractivity contribution in [3.63, 3.8) is 0 Å². The van der Waals surface area contributed by atoms with Crippen molar-refractivity contribution in [1.29, 1.82) is 0 Å². The maximum absolute atomic E-state index is 11.4. The molecule has 0 amide bonds. The lowest BCUT2D eigenvalue weighted by atomic mass is 9.89. The van der Waals surface area contributed by atoms with Gasteiger partial charge >= 0.3 is 5.97 Å². The average Bonchev–Trinajstić information content (AvgIpc) is 2.34. The van der Waals surface area contributed by atoms with Gasteiger partial charge in [-0.1, -0.05) is 41.4 Å². The molecule has 0 aliphatic carbocycles. The largest absolute Gasteiger partial charge is 0.481 e. The quantitative estimate of drug-likeness (QED) is 0.475. The van der Waals surface area contributed by atoms with Crippen molar-refractivity contribution in [3.05, 3.63) is 46.0 Å². The van der Waals surface area contributed by atoms with Gasteiger partial charge in [-0.25, -0.2) is 0 Å². The van der Waals surface area contributed by atoms with Crippen LogP contribution in [0.5, 0.6) is 0 Å². The number of rotatable bonds is 7. The van der Waals surface area contributed by atoms with Crippen LogP contribution in [0.2, 0.25) is 10.0 Å². The Bertz CT molecular complexity index is 472. The van der Waals surface area contributed by atoms with Crippen LogP contribution in [0.3, 0.4) is 0 Å². The first-order chi connectivity index (χ1) is 8.97. The van der Waals surface area contributed by atoms with Crippen molar-refractivity contribution in [2.24, 2.45) is 0 Å². The van der Waals surface area contributed by atoms with E-state index >= 15 is 0 Å². The van der Waals surface area contributed by atoms with E-state index in [1.165, 1.54) is 0 Å². The summed E-state index contributed by atoms with van der Waals surface area (Å²) < 4.78 is 0. The third-order valence-electron chi connectivity index (χ3n) is 2.86. The van der Waals surface area contributed by atoms with E-state index in [0.29, 0.717) is 34.2 Å². The predicted octanol–water partition coefficient (Wildman–Crippen LogP) is 3.61. The highest BCUT2D eigenvalue weighted by atomic mass is 35.5. The molecule has 0 heterocycles. The van der Waals surface area contributed by atoms with Crippen LogP contribution in [0.25, 0.3) is 0 Å². The number of halogens is 2. The number of benzene rings is 1. The number of hydrogen-bond donors (Lipinski definition) is 1. The van der Waals surface area contributed by atoms with Gasteiger partial charge in [0.15, 0.2) is 0 Å². The Morgan fingerprint density at radius 2 is 2.00 bits per heavy atom. The summed E-state index contributed by atoms with van der Waals surface area (Å²) in [7, 11) is 0. The van der Waals surface area contributed by atoms with Crippen molar-refractivity contribution < 1.29 is 15.0 Å². The molecule has 1 atom stereocenters. The Balaban J connectivity index is 2.90. The van der Waals surface area contributed by atoms with Crippen molar-refractivity contribution in [1.82, 2.24) is 0 Å². The van der Waals surface area contributed by atoms with E-state index in [1.807, 2.05) is 0 Å². The topological polar surface area (TPSA) is 60.2 Å². The molecule has 3 nitrogen and oxygen atoms in total. The molecular formula is C14H17Cl2O3+. The molecular weight excluding hydrogens is 287 g/mol. The molecule has 1 aromatic carbocycles. The van der Waals surface area contributed by atoms with Gasteiger partial charge < -0.3 is 10.2 Å². The van der Waals surface area contributed by atoms with Crippen LogP contribution < -0.4 is 0 Å². The fourth-order valence-corrected chi connectivity index (χ4v) is 2.17. The highest BCUT2D eigenvalue weighted by molar-refractivity contribution is 6.42. The second kappa shape index (κ2) is 7.53. The summed E-state index contributed by atoms with van der Waals surface area (Å²) in [5.74, 6) is -1.73. The monoisotopic (exact) mass is 303 g/mol. The van der Waals surface area contributed by atoms with E-state index in [0.717, 1.165) is 12.8 Å². The zero-order chi connectivity index (χ0) is 14.4. The number of aliphatic carboxylic acids is 1. The smallest absolute Gasteiger partial charge is 0.315 e. The maximum atomic E-state index is 11.4. The third kappa shape index (κ3) is 4.53. The first kappa shape index (κ1) is 16.0. The number of hydrogen-bond acceptors (Lipinski definition) is 1. The summed E-state index contributed by atoms with van der Waals surface area (Å²) in [6.07, 6.45) is 2.11. The molecule has 0 aliphatic rings. The SMILES string of the molecule is C=C(CCCC[OH2+])C(C(=O)O)c1ccc(Cl)c(Cl)c1. The van der Waals surface area contributed by atoms with Gasteiger partial charge in [-0.15, -0.1) is 0 Å². The van der Waals surface area contributed by atoms with Gasteiger partial charge in [-0.2, -0.15) is 0 Å². The lowest BCUT2D eigenvalue weighted by molar-refractivity contribution is -0.137. The van der Waals surface area contributed by atoms with E-state index in [2.05, 4.69) is 6.58 Å². The molecule has 0 aliphatic heterocycles. The van der Waals surface area contributed by atoms with E-state index in [4.69, 9.17) is 28.3 Å². The van der Waals surface area contributed by atoms with Gasteiger partial charge in [0.25, 0.3) is 0 Å². The highest BCUT2D eigenvalue weighted by Gasteiger charge is 2.23. The van der Waals surface area contributed by atoms with E-state index in [1.54, 1.807) is 18.2 Å². The normalized spacial score (nSPS) is 12.2. The van der Waals surface area contributed by atoms with Crippen LogP contribution in [-0.4, -0.2) is 22.8 Å². The molecule has 0 aromatic heterocycles. The van der Waals surface area contributed by atoms with Crippen LogP contribution in [0.15, 0.2) is 30.4 Å². The molecule has 104 valence electrons. The minimum absolute atomic E-state index is 0.337. The molecule has 0 fully saturated rings. The van der Waals surface area contributed by atoms with Gasteiger partial charge in [0.1, 0.15) is 12.5 Å². The summed E-state index contributed by atoms with van der Waals surface area (Å²) in [5.41, 5.74) is 1.21. The highest BCUT2D eigenvalue weighted by Crippen LogP contribution is 2.31. The Labute approximate surface area is 122 Å². The number of unbranched alkanes of at least 4 members (excludes halogenated alkanes) is 1. The molecule has 1 rings (SSSR count). The molecule has 5 heteroatoms. The van der Waals surface area contributed by atoms with E-state index in [-0.39, 0.29) is 0 Å². The third-order valence-corrected chi connectivity index (χ3v) is 3.60. The molecule has 3 N–H and O–H groups in total. The lowest BCUT2D eigenvalue weighted by Crippen LogP contribution is -2.14. The first-order valence-corrected chi connectivity index (χ1v) is 6.73. The second-order valence-electron chi connectivity index (χ2n) is 4.31. The van der Waals surface area contributed by atoms with Gasteiger partial charge in [0.2, 0.25) is 0 Å². The van der Waals surface area contributed by atoms with Gasteiger partial charge in [-0.3, -0.25) is 4.79 Å². The van der Waals surface area contributed by atoms with Gasteiger partial charge in [-0.05, 0) is 30.5 Å². The molecule has 1 unspecified atom stereocenters. The minimum Gasteiger partial charge on any atom is -0.481 e. The minimum atomic E-state index is -0.950. The van der Waals surface area contributed by atoms with Crippen LogP contribution >= 0.6 is 23.2 Å². The fourth-order valence-electron chi connectivity index (χ4n) is 1.87. The first-order valence-electron chi connectivity index (χ1n) is 5.97. The molecule has 0 spiro atoms. The maximum Gasteiger partial charge on any atom is 0.315 e. The molecule has 0 bridgehead atoms. The number of carbonyl (C=O) groups is 1. The summed E-state index contributed by atoms with van der Waals surface area (Å²) in [6, 6.07) is 4.81. The number of carboxylic acid groups (broad SMARTS) is 1. The molecule has 0 saturated heterocycles. The standard InChI is InChI=1S/C14H16Cl2O3/c1-9(4-2-3-7-17)13(14(18)19)10-5-6-11(15)12(16)8-10/h5-6,8,13,17H,1-4,7H2,(H,18,19)/p+1. The summed E-state index contributed by atoms with van der Waals surface area (Å²) in [6.45, 7) is 4.20. The molecule has 0 saturated carbocycles. The fraction of sp³-hybridized carbons (Fsp3) is 0.357. The van der Waals surface area contributed by atoms with Crippen molar-refractivity contribution >= 4 is 29.2 Å². The Morgan fingerprint density at radius 1 is 1.32 bits per heavy atom. The van der Waals surface area contributed by atoms with Crippen molar-refractivity contribution in [3.8, 4) is 0 Å². The molecule has 19 heavy (non-hydrogen) atoms. The average molecular weight is 304 g/mol. The zero-order valence-electron chi connectivity index (χ0n) is 10.5. The van der Waals surface area contributed by atoms with Crippen molar-refractivity contribution in [2.75, 3.05) is 6.61 Å². The zero-order valence-corrected chi connectivity index (χ0v) is 12.0. The van der Waals surface area contributed by atoms with Crippen LogP contribution in [0.4, 0.5) is 0 Å². The number of carboxylic acids is 1. The van der Waals surface area contributed by atoms with Crippen LogP contribution in [0.1, 0.15) is 30.7 Å². The summed E-state index contributed by atoms with van der Waals surface area (Å²) in [5, 5.41) is 17.2. The molecule has 1 aromatic rings. The Hall–Kier alpha value is -1.03. The summed E-state index contributed by atoms with van der Waals surface area (Å²) in [4.78, 5) is 11.4. The van der Waals surface area contributed by atoms with Gasteiger partial charge in [0.05, 0.1) is 10.0 Å².